The van der Waals surface area contributed by atoms with E-state index in [0.717, 1.165) is 32.5 Å². The van der Waals surface area contributed by atoms with E-state index in [0.29, 0.717) is 23.5 Å². The van der Waals surface area contributed by atoms with E-state index in [1.54, 1.807) is 0 Å². The number of sulfone groups is 1. The first-order valence-corrected chi connectivity index (χ1v) is 8.46. The minimum atomic E-state index is -2.75. The van der Waals surface area contributed by atoms with Gasteiger partial charge in [0.05, 0.1) is 11.5 Å². The third-order valence-electron chi connectivity index (χ3n) is 3.94. The van der Waals surface area contributed by atoms with Crippen molar-refractivity contribution in [3.8, 4) is 0 Å². The normalized spacial score (nSPS) is 39.8. The average Bonchev–Trinajstić information content (AvgIpc) is 2.59. The van der Waals surface area contributed by atoms with E-state index < -0.39 is 9.84 Å². The Hall–Kier alpha value is -0.130. The van der Waals surface area contributed by atoms with Gasteiger partial charge in [-0.25, -0.2) is 8.42 Å². The third kappa shape index (κ3) is 3.66. The zero-order chi connectivity index (χ0) is 12.5. The standard InChI is InChI=1S/C12H24N2O2S/c1-10-7-13-11(2)3-5-14(8-10)12-4-6-17(15,16)9-12/h10-13H,3-9H2,1-2H3. The summed E-state index contributed by atoms with van der Waals surface area (Å²) in [5.41, 5.74) is 0. The minimum Gasteiger partial charge on any atom is -0.314 e. The number of nitrogens with one attached hydrogen (secondary N) is 1. The molecule has 0 bridgehead atoms. The van der Waals surface area contributed by atoms with Crippen LogP contribution in [-0.4, -0.2) is 56.5 Å². The van der Waals surface area contributed by atoms with Crippen molar-refractivity contribution in [2.45, 2.75) is 38.8 Å². The minimum absolute atomic E-state index is 0.271. The van der Waals surface area contributed by atoms with Crippen molar-refractivity contribution in [1.82, 2.24) is 10.2 Å². The lowest BCUT2D eigenvalue weighted by Crippen LogP contribution is -2.46. The van der Waals surface area contributed by atoms with Crippen LogP contribution in [0.25, 0.3) is 0 Å². The molecule has 100 valence electrons. The quantitative estimate of drug-likeness (QED) is 0.745. The van der Waals surface area contributed by atoms with E-state index in [4.69, 9.17) is 0 Å². The smallest absolute Gasteiger partial charge is 0.151 e. The highest BCUT2D eigenvalue weighted by Crippen LogP contribution is 2.20. The van der Waals surface area contributed by atoms with Gasteiger partial charge in [-0.2, -0.15) is 0 Å². The van der Waals surface area contributed by atoms with Crippen molar-refractivity contribution in [1.29, 1.82) is 0 Å². The Morgan fingerprint density at radius 1 is 1.24 bits per heavy atom. The summed E-state index contributed by atoms with van der Waals surface area (Å²) < 4.78 is 23.1. The highest BCUT2D eigenvalue weighted by molar-refractivity contribution is 7.91. The van der Waals surface area contributed by atoms with Crippen LogP contribution in [-0.2, 0) is 9.84 Å². The highest BCUT2D eigenvalue weighted by atomic mass is 32.2. The van der Waals surface area contributed by atoms with Gasteiger partial charge in [0.1, 0.15) is 0 Å². The molecule has 5 heteroatoms. The molecular weight excluding hydrogens is 236 g/mol. The maximum Gasteiger partial charge on any atom is 0.151 e. The maximum atomic E-state index is 11.5. The van der Waals surface area contributed by atoms with Gasteiger partial charge >= 0.3 is 0 Å². The van der Waals surface area contributed by atoms with Crippen LogP contribution in [0.3, 0.4) is 0 Å². The van der Waals surface area contributed by atoms with Crippen LogP contribution in [0.2, 0.25) is 0 Å². The zero-order valence-corrected chi connectivity index (χ0v) is 11.7. The Morgan fingerprint density at radius 3 is 2.65 bits per heavy atom. The van der Waals surface area contributed by atoms with E-state index in [2.05, 4.69) is 24.1 Å². The highest BCUT2D eigenvalue weighted by Gasteiger charge is 2.33. The van der Waals surface area contributed by atoms with Gasteiger partial charge in [0.15, 0.2) is 9.84 Å². The SMILES string of the molecule is CC1CNC(C)CCN(C2CCS(=O)(=O)C2)C1. The molecule has 2 aliphatic rings. The first-order valence-electron chi connectivity index (χ1n) is 6.64. The topological polar surface area (TPSA) is 49.4 Å². The second-order valence-corrected chi connectivity index (χ2v) is 7.98. The summed E-state index contributed by atoms with van der Waals surface area (Å²) in [7, 11) is -2.75. The van der Waals surface area contributed by atoms with Crippen LogP contribution < -0.4 is 5.32 Å². The van der Waals surface area contributed by atoms with E-state index in [1.807, 2.05) is 0 Å². The molecule has 4 nitrogen and oxygen atoms in total. The largest absolute Gasteiger partial charge is 0.314 e. The van der Waals surface area contributed by atoms with E-state index >= 15 is 0 Å². The van der Waals surface area contributed by atoms with Crippen LogP contribution in [0.15, 0.2) is 0 Å². The number of rotatable bonds is 1. The Bertz CT molecular complexity index is 356. The summed E-state index contributed by atoms with van der Waals surface area (Å²) >= 11 is 0. The molecule has 0 saturated carbocycles. The van der Waals surface area contributed by atoms with Crippen molar-refractivity contribution in [2.75, 3.05) is 31.1 Å². The molecule has 2 fully saturated rings. The van der Waals surface area contributed by atoms with Gasteiger partial charge in [0.25, 0.3) is 0 Å². The molecule has 0 aromatic rings. The first-order chi connectivity index (χ1) is 7.96. The van der Waals surface area contributed by atoms with Crippen molar-refractivity contribution in [3.05, 3.63) is 0 Å². The monoisotopic (exact) mass is 260 g/mol. The van der Waals surface area contributed by atoms with Crippen LogP contribution in [0.5, 0.6) is 0 Å². The molecule has 0 spiro atoms. The molecule has 0 aliphatic carbocycles. The van der Waals surface area contributed by atoms with Gasteiger partial charge in [-0.05, 0) is 38.8 Å². The van der Waals surface area contributed by atoms with Gasteiger partial charge in [0, 0.05) is 18.6 Å². The molecule has 2 rings (SSSR count). The van der Waals surface area contributed by atoms with Crippen LogP contribution >= 0.6 is 0 Å². The van der Waals surface area contributed by atoms with Crippen LogP contribution in [0.1, 0.15) is 26.7 Å². The number of hydrogen-bond donors (Lipinski definition) is 1. The van der Waals surface area contributed by atoms with E-state index in [1.165, 1.54) is 0 Å². The van der Waals surface area contributed by atoms with Crippen molar-refractivity contribution in [2.24, 2.45) is 5.92 Å². The summed E-state index contributed by atoms with van der Waals surface area (Å²) in [4.78, 5) is 2.41. The second-order valence-electron chi connectivity index (χ2n) is 5.75. The first kappa shape index (κ1) is 13.3. The zero-order valence-electron chi connectivity index (χ0n) is 10.9. The Balaban J connectivity index is 1.98. The van der Waals surface area contributed by atoms with Crippen LogP contribution in [0, 0.1) is 5.92 Å². The average molecular weight is 260 g/mol. The fourth-order valence-electron chi connectivity index (χ4n) is 2.82. The van der Waals surface area contributed by atoms with E-state index in [-0.39, 0.29) is 6.04 Å². The molecule has 0 aromatic carbocycles. The molecule has 3 unspecified atom stereocenters. The lowest BCUT2D eigenvalue weighted by atomic mass is 10.0. The van der Waals surface area contributed by atoms with Gasteiger partial charge in [0.2, 0.25) is 0 Å². The Labute approximate surface area is 105 Å². The molecule has 3 atom stereocenters. The number of hydrogen-bond acceptors (Lipinski definition) is 4. The molecule has 0 aromatic heterocycles. The predicted molar refractivity (Wildman–Crippen MR) is 69.9 cm³/mol. The Morgan fingerprint density at radius 2 is 2.00 bits per heavy atom. The van der Waals surface area contributed by atoms with Crippen molar-refractivity contribution >= 4 is 9.84 Å². The summed E-state index contributed by atoms with van der Waals surface area (Å²) in [6.45, 7) is 7.54. The van der Waals surface area contributed by atoms with Crippen molar-refractivity contribution < 1.29 is 8.42 Å². The summed E-state index contributed by atoms with van der Waals surface area (Å²) in [6.07, 6.45) is 1.94. The fraction of sp³-hybridized carbons (Fsp3) is 1.00. The summed E-state index contributed by atoms with van der Waals surface area (Å²) in [5.74, 6) is 1.36. The fourth-order valence-corrected chi connectivity index (χ4v) is 4.58. The van der Waals surface area contributed by atoms with Gasteiger partial charge in [-0.3, -0.25) is 4.90 Å². The van der Waals surface area contributed by atoms with Gasteiger partial charge in [-0.15, -0.1) is 0 Å². The molecule has 1 N–H and O–H groups in total. The number of nitrogens with zero attached hydrogens (tertiary/aromatic N) is 1. The molecule has 0 amide bonds. The van der Waals surface area contributed by atoms with Gasteiger partial charge < -0.3 is 5.32 Å². The summed E-state index contributed by atoms with van der Waals surface area (Å²) in [6, 6.07) is 0.811. The maximum absolute atomic E-state index is 11.5. The molecule has 2 saturated heterocycles. The molecular formula is C12H24N2O2S. The van der Waals surface area contributed by atoms with Gasteiger partial charge in [-0.1, -0.05) is 6.92 Å². The lowest BCUT2D eigenvalue weighted by Gasteiger charge is -2.34. The molecule has 2 aliphatic heterocycles. The Kier molecular flexibility index (Phi) is 4.10. The summed E-state index contributed by atoms with van der Waals surface area (Å²) in [5, 5.41) is 3.52. The van der Waals surface area contributed by atoms with Crippen molar-refractivity contribution in [3.63, 3.8) is 0 Å². The molecule has 0 radical (unpaired) electrons. The predicted octanol–water partition coefficient (Wildman–Crippen LogP) is 0.493. The third-order valence-corrected chi connectivity index (χ3v) is 5.69. The second kappa shape index (κ2) is 5.24. The molecule has 17 heavy (non-hydrogen) atoms. The lowest BCUT2D eigenvalue weighted by molar-refractivity contribution is 0.159. The molecule has 2 heterocycles. The van der Waals surface area contributed by atoms with E-state index in [9.17, 15) is 8.42 Å². The van der Waals surface area contributed by atoms with Crippen LogP contribution in [0.4, 0.5) is 0 Å².